The number of carbonyl (C=O) groups is 1. The molecule has 2 aromatic carbocycles. The second-order valence-corrected chi connectivity index (χ2v) is 8.55. The monoisotopic (exact) mass is 445 g/mol. The van der Waals surface area contributed by atoms with E-state index < -0.39 is 32.7 Å². The van der Waals surface area contributed by atoms with Crippen molar-refractivity contribution >= 4 is 15.9 Å². The molecule has 0 radical (unpaired) electrons. The molecule has 0 aliphatic rings. The van der Waals surface area contributed by atoms with E-state index in [1.54, 1.807) is 30.6 Å². The van der Waals surface area contributed by atoms with Crippen LogP contribution in [0.25, 0.3) is 0 Å². The van der Waals surface area contributed by atoms with Crippen molar-refractivity contribution in [3.05, 3.63) is 78.1 Å². The van der Waals surface area contributed by atoms with Crippen LogP contribution in [0.4, 0.5) is 4.39 Å². The van der Waals surface area contributed by atoms with Gasteiger partial charge in [0.15, 0.2) is 0 Å². The molecule has 0 aliphatic carbocycles. The zero-order valence-corrected chi connectivity index (χ0v) is 17.8. The molecule has 1 atom stereocenters. The van der Waals surface area contributed by atoms with Crippen molar-refractivity contribution < 1.29 is 17.6 Å². The summed E-state index contributed by atoms with van der Waals surface area (Å²) in [6, 6.07) is 12.9. The minimum absolute atomic E-state index is 0.117. The van der Waals surface area contributed by atoms with Crippen molar-refractivity contribution in [3.63, 3.8) is 0 Å². The molecule has 3 rings (SSSR count). The molecule has 164 valence electrons. The third kappa shape index (κ3) is 5.96. The number of carbonyl (C=O) groups excluding carboxylic acids is 1. The Morgan fingerprint density at radius 2 is 1.84 bits per heavy atom. The second kappa shape index (κ2) is 10.3. The summed E-state index contributed by atoms with van der Waals surface area (Å²) in [4.78, 5) is 12.3. The molecule has 0 saturated carbocycles. The molecule has 0 unspecified atom stereocenters. The summed E-state index contributed by atoms with van der Waals surface area (Å²) in [5, 5.41) is 10.6. The van der Waals surface area contributed by atoms with Crippen LogP contribution in [0.5, 0.6) is 0 Å². The fraction of sp³-hybridized carbons (Fsp3) is 0.286. The number of hydrogen-bond donors (Lipinski definition) is 2. The van der Waals surface area contributed by atoms with Crippen molar-refractivity contribution in [2.24, 2.45) is 0 Å². The van der Waals surface area contributed by atoms with E-state index in [9.17, 15) is 17.6 Å². The minimum atomic E-state index is -4.25. The average Bonchev–Trinajstić information content (AvgIpc) is 3.21. The van der Waals surface area contributed by atoms with Crippen molar-refractivity contribution in [1.29, 1.82) is 0 Å². The third-order valence-electron chi connectivity index (χ3n) is 4.71. The lowest BCUT2D eigenvalue weighted by molar-refractivity contribution is -0.122. The average molecular weight is 446 g/mol. The van der Waals surface area contributed by atoms with E-state index in [-0.39, 0.29) is 13.0 Å². The second-order valence-electron chi connectivity index (χ2n) is 6.87. The Kier molecular flexibility index (Phi) is 7.48. The molecule has 1 aromatic heterocycles. The van der Waals surface area contributed by atoms with Gasteiger partial charge in [0, 0.05) is 19.5 Å². The van der Waals surface area contributed by atoms with E-state index in [1.807, 2.05) is 17.6 Å². The number of nitrogens with one attached hydrogen (secondary N) is 2. The fourth-order valence-electron chi connectivity index (χ4n) is 3.11. The van der Waals surface area contributed by atoms with E-state index in [0.717, 1.165) is 17.7 Å². The maximum absolute atomic E-state index is 14.1. The SMILES string of the molecule is CCn1cnnc1CCNC(=O)[C@H](Cc1ccccc1)NS(=O)(=O)c1ccccc1F. The van der Waals surface area contributed by atoms with Gasteiger partial charge in [-0.05, 0) is 31.0 Å². The smallest absolute Gasteiger partial charge is 0.244 e. The van der Waals surface area contributed by atoms with E-state index in [2.05, 4.69) is 20.2 Å². The molecule has 0 bridgehead atoms. The molecule has 31 heavy (non-hydrogen) atoms. The summed E-state index contributed by atoms with van der Waals surface area (Å²) < 4.78 is 43.8. The van der Waals surface area contributed by atoms with Crippen molar-refractivity contribution in [2.45, 2.75) is 37.2 Å². The molecule has 2 N–H and O–H groups in total. The molecule has 0 fully saturated rings. The third-order valence-corrected chi connectivity index (χ3v) is 6.21. The summed E-state index contributed by atoms with van der Waals surface area (Å²) in [6.45, 7) is 2.92. The summed E-state index contributed by atoms with van der Waals surface area (Å²) in [5.74, 6) is -0.673. The Labute approximate surface area is 180 Å². The molecule has 3 aromatic rings. The van der Waals surface area contributed by atoms with Crippen molar-refractivity contribution in [2.75, 3.05) is 6.54 Å². The van der Waals surface area contributed by atoms with Gasteiger partial charge in [-0.15, -0.1) is 10.2 Å². The van der Waals surface area contributed by atoms with Gasteiger partial charge in [-0.1, -0.05) is 42.5 Å². The quantitative estimate of drug-likeness (QED) is 0.494. The number of hydrogen-bond acceptors (Lipinski definition) is 5. The Bertz CT molecular complexity index is 1120. The van der Waals surface area contributed by atoms with Crippen LogP contribution in [0.15, 0.2) is 65.8 Å². The Morgan fingerprint density at radius 1 is 1.13 bits per heavy atom. The first-order chi connectivity index (χ1) is 14.9. The maximum Gasteiger partial charge on any atom is 0.244 e. The van der Waals surface area contributed by atoms with E-state index in [0.29, 0.717) is 18.8 Å². The van der Waals surface area contributed by atoms with Gasteiger partial charge in [-0.3, -0.25) is 4.79 Å². The number of halogens is 1. The molecular weight excluding hydrogens is 421 g/mol. The molecule has 10 heteroatoms. The van der Waals surface area contributed by atoms with Crippen LogP contribution in [-0.4, -0.2) is 41.7 Å². The van der Waals surface area contributed by atoms with Gasteiger partial charge >= 0.3 is 0 Å². The predicted octanol–water partition coefficient (Wildman–Crippen LogP) is 1.69. The highest BCUT2D eigenvalue weighted by atomic mass is 32.2. The Hall–Kier alpha value is -3.11. The van der Waals surface area contributed by atoms with Crippen LogP contribution >= 0.6 is 0 Å². The predicted molar refractivity (Wildman–Crippen MR) is 113 cm³/mol. The number of sulfonamides is 1. The lowest BCUT2D eigenvalue weighted by atomic mass is 10.1. The molecule has 0 aliphatic heterocycles. The lowest BCUT2D eigenvalue weighted by Crippen LogP contribution is -2.48. The topological polar surface area (TPSA) is 106 Å². The lowest BCUT2D eigenvalue weighted by Gasteiger charge is -2.19. The van der Waals surface area contributed by atoms with Gasteiger partial charge in [0.05, 0.1) is 0 Å². The highest BCUT2D eigenvalue weighted by molar-refractivity contribution is 7.89. The highest BCUT2D eigenvalue weighted by Gasteiger charge is 2.27. The van der Waals surface area contributed by atoms with Crippen LogP contribution in [0.2, 0.25) is 0 Å². The zero-order chi connectivity index (χ0) is 22.3. The van der Waals surface area contributed by atoms with E-state index in [1.165, 1.54) is 12.1 Å². The minimum Gasteiger partial charge on any atom is -0.354 e. The number of nitrogens with zero attached hydrogens (tertiary/aromatic N) is 3. The summed E-state index contributed by atoms with van der Waals surface area (Å²) in [6.07, 6.45) is 2.17. The summed E-state index contributed by atoms with van der Waals surface area (Å²) in [7, 11) is -4.25. The molecular formula is C21H24FN5O3S. The van der Waals surface area contributed by atoms with Gasteiger partial charge in [0.25, 0.3) is 0 Å². The first kappa shape index (κ1) is 22.6. The number of rotatable bonds is 10. The van der Waals surface area contributed by atoms with Crippen molar-refractivity contribution in [1.82, 2.24) is 24.8 Å². The van der Waals surface area contributed by atoms with Crippen LogP contribution < -0.4 is 10.0 Å². The molecule has 1 amide bonds. The highest BCUT2D eigenvalue weighted by Crippen LogP contribution is 2.15. The van der Waals surface area contributed by atoms with Crippen molar-refractivity contribution in [3.8, 4) is 0 Å². The van der Waals surface area contributed by atoms with Crippen LogP contribution in [0.1, 0.15) is 18.3 Å². The van der Waals surface area contributed by atoms with E-state index >= 15 is 0 Å². The fourth-order valence-corrected chi connectivity index (χ4v) is 4.38. The van der Waals surface area contributed by atoms with Crippen LogP contribution in [0, 0.1) is 5.82 Å². The van der Waals surface area contributed by atoms with Gasteiger partial charge in [-0.25, -0.2) is 12.8 Å². The van der Waals surface area contributed by atoms with Crippen LogP contribution in [-0.2, 0) is 34.2 Å². The van der Waals surface area contributed by atoms with Gasteiger partial charge in [0.1, 0.15) is 28.9 Å². The largest absolute Gasteiger partial charge is 0.354 e. The summed E-state index contributed by atoms with van der Waals surface area (Å²) >= 11 is 0. The maximum atomic E-state index is 14.1. The summed E-state index contributed by atoms with van der Waals surface area (Å²) in [5.41, 5.74) is 0.768. The number of benzene rings is 2. The first-order valence-electron chi connectivity index (χ1n) is 9.86. The van der Waals surface area contributed by atoms with E-state index in [4.69, 9.17) is 0 Å². The number of aryl methyl sites for hydroxylation is 1. The Morgan fingerprint density at radius 3 is 2.55 bits per heavy atom. The zero-order valence-electron chi connectivity index (χ0n) is 17.0. The number of amides is 1. The van der Waals surface area contributed by atoms with Crippen LogP contribution in [0.3, 0.4) is 0 Å². The van der Waals surface area contributed by atoms with Gasteiger partial charge < -0.3 is 9.88 Å². The molecule has 1 heterocycles. The van der Waals surface area contributed by atoms with Gasteiger partial charge in [-0.2, -0.15) is 4.72 Å². The molecule has 0 saturated heterocycles. The molecule has 0 spiro atoms. The molecule has 8 nitrogen and oxygen atoms in total. The first-order valence-corrected chi connectivity index (χ1v) is 11.3. The normalized spacial score (nSPS) is 12.5. The standard InChI is InChI=1S/C21H24FN5O3S/c1-2-27-15-24-25-20(27)12-13-23-21(28)18(14-16-8-4-3-5-9-16)26-31(29,30)19-11-7-6-10-17(19)22/h3-11,15,18,26H,2,12-14H2,1H3,(H,23,28)/t18-/m0/s1. The number of aromatic nitrogens is 3. The Balaban J connectivity index is 1.74. The van der Waals surface area contributed by atoms with Gasteiger partial charge in [0.2, 0.25) is 15.9 Å².